The molecule has 18 heavy (non-hydrogen) atoms. The lowest BCUT2D eigenvalue weighted by Gasteiger charge is -2.17. The van der Waals surface area contributed by atoms with E-state index in [9.17, 15) is 14.4 Å². The lowest BCUT2D eigenvalue weighted by atomic mass is 10.2. The summed E-state index contributed by atoms with van der Waals surface area (Å²) in [7, 11) is 0. The lowest BCUT2D eigenvalue weighted by Crippen LogP contribution is -2.52. The van der Waals surface area contributed by atoms with Crippen LogP contribution in [0.1, 0.15) is 20.3 Å². The maximum atomic E-state index is 11.4. The zero-order chi connectivity index (χ0) is 14.1. The molecule has 0 aliphatic heterocycles. The zero-order valence-corrected chi connectivity index (χ0v) is 10.4. The van der Waals surface area contributed by atoms with Crippen LogP contribution in [0, 0.1) is 0 Å². The first kappa shape index (κ1) is 16.2. The molecule has 3 amide bonds. The summed E-state index contributed by atoms with van der Waals surface area (Å²) in [4.78, 5) is 33.4. The third kappa shape index (κ3) is 6.04. The average Bonchev–Trinajstić information content (AvgIpc) is 2.28. The number of urea groups is 1. The number of carbonyl (C=O) groups excluding carboxylic acids is 2. The number of carbonyl (C=O) groups is 3. The number of nitrogens with one attached hydrogen (secondary N) is 3. The Balaban J connectivity index is 4.23. The van der Waals surface area contributed by atoms with Crippen molar-refractivity contribution in [3.05, 3.63) is 0 Å². The van der Waals surface area contributed by atoms with Gasteiger partial charge in [-0.1, -0.05) is 0 Å². The molecule has 0 saturated carbocycles. The van der Waals surface area contributed by atoms with Crippen LogP contribution in [0.25, 0.3) is 0 Å². The molecule has 0 heterocycles. The Hall–Kier alpha value is -1.83. The number of hydrogen-bond donors (Lipinski definition) is 5. The van der Waals surface area contributed by atoms with Gasteiger partial charge in [-0.2, -0.15) is 0 Å². The molecule has 8 heteroatoms. The number of amides is 3. The second-order valence-corrected chi connectivity index (χ2v) is 3.64. The van der Waals surface area contributed by atoms with Crippen LogP contribution in [0.15, 0.2) is 0 Å². The monoisotopic (exact) mass is 261 g/mol. The topological polar surface area (TPSA) is 128 Å². The van der Waals surface area contributed by atoms with Gasteiger partial charge in [0, 0.05) is 19.6 Å². The smallest absolute Gasteiger partial charge is 0.326 e. The molecule has 0 bridgehead atoms. The second-order valence-electron chi connectivity index (χ2n) is 3.64. The fraction of sp³-hybridized carbons (Fsp3) is 0.700. The molecular weight excluding hydrogens is 242 g/mol. The van der Waals surface area contributed by atoms with Crippen LogP contribution in [0.4, 0.5) is 4.79 Å². The van der Waals surface area contributed by atoms with Crippen molar-refractivity contribution >= 4 is 17.9 Å². The van der Waals surface area contributed by atoms with Crippen LogP contribution >= 0.6 is 0 Å². The van der Waals surface area contributed by atoms with Gasteiger partial charge in [-0.25, -0.2) is 9.59 Å². The summed E-state index contributed by atoms with van der Waals surface area (Å²) in [6, 6.07) is -2.72. The first-order valence-corrected chi connectivity index (χ1v) is 5.60. The summed E-state index contributed by atoms with van der Waals surface area (Å²) in [5, 5.41) is 24.4. The minimum Gasteiger partial charge on any atom is -0.480 e. The highest BCUT2D eigenvalue weighted by Gasteiger charge is 2.21. The largest absolute Gasteiger partial charge is 0.480 e. The molecule has 0 fully saturated rings. The molecule has 0 aromatic carbocycles. The van der Waals surface area contributed by atoms with Crippen molar-refractivity contribution in [3.8, 4) is 0 Å². The van der Waals surface area contributed by atoms with E-state index in [0.29, 0.717) is 6.54 Å². The molecule has 0 saturated heterocycles. The Kier molecular flexibility index (Phi) is 7.45. The van der Waals surface area contributed by atoms with Gasteiger partial charge in [0.05, 0.1) is 0 Å². The van der Waals surface area contributed by atoms with E-state index < -0.39 is 24.1 Å². The molecule has 1 unspecified atom stereocenters. The van der Waals surface area contributed by atoms with Gasteiger partial charge in [-0.05, 0) is 13.8 Å². The number of aliphatic hydroxyl groups excluding tert-OH is 1. The minimum absolute atomic E-state index is 0.0989. The van der Waals surface area contributed by atoms with Crippen molar-refractivity contribution in [2.24, 2.45) is 0 Å². The van der Waals surface area contributed by atoms with Crippen molar-refractivity contribution < 1.29 is 24.6 Å². The highest BCUT2D eigenvalue weighted by Crippen LogP contribution is 1.92. The molecular formula is C10H19N3O5. The van der Waals surface area contributed by atoms with Crippen molar-refractivity contribution in [3.63, 3.8) is 0 Å². The third-order valence-corrected chi connectivity index (χ3v) is 2.11. The Labute approximate surface area is 105 Å². The van der Waals surface area contributed by atoms with E-state index in [-0.39, 0.29) is 18.9 Å². The van der Waals surface area contributed by atoms with Crippen LogP contribution in [0.2, 0.25) is 0 Å². The number of carboxylic acids is 1. The number of hydrogen-bond acceptors (Lipinski definition) is 4. The lowest BCUT2D eigenvalue weighted by molar-refractivity contribution is -0.139. The Morgan fingerprint density at radius 3 is 2.28 bits per heavy atom. The second kappa shape index (κ2) is 8.29. The fourth-order valence-electron chi connectivity index (χ4n) is 1.18. The van der Waals surface area contributed by atoms with E-state index in [0.717, 1.165) is 0 Å². The van der Waals surface area contributed by atoms with Gasteiger partial charge in [0.2, 0.25) is 5.91 Å². The van der Waals surface area contributed by atoms with Gasteiger partial charge >= 0.3 is 12.0 Å². The van der Waals surface area contributed by atoms with Crippen LogP contribution in [-0.4, -0.2) is 53.4 Å². The summed E-state index contributed by atoms with van der Waals surface area (Å²) in [6.07, 6.45) is -0.0989. The summed E-state index contributed by atoms with van der Waals surface area (Å²) >= 11 is 0. The van der Waals surface area contributed by atoms with Gasteiger partial charge in [0.1, 0.15) is 12.1 Å². The summed E-state index contributed by atoms with van der Waals surface area (Å²) in [5.41, 5.74) is 0. The summed E-state index contributed by atoms with van der Waals surface area (Å²) in [5.74, 6) is -1.61. The Morgan fingerprint density at radius 2 is 1.83 bits per heavy atom. The standard InChI is InChI=1S/C10H19N3O5/c1-3-11-8(15)6(2)12-10(18)13-7(4-5-14)9(16)17/h6-7,14H,3-5H2,1-2H3,(H,11,15)(H,16,17)(H2,12,13,18)/t6?,7-/m1/s1. The molecule has 0 aliphatic carbocycles. The number of aliphatic carboxylic acids is 1. The first-order valence-electron chi connectivity index (χ1n) is 5.60. The average molecular weight is 261 g/mol. The van der Waals surface area contributed by atoms with Gasteiger partial charge in [0.15, 0.2) is 0 Å². The number of rotatable bonds is 7. The first-order chi connectivity index (χ1) is 8.42. The number of carboxylic acid groups (broad SMARTS) is 1. The highest BCUT2D eigenvalue weighted by molar-refractivity contribution is 5.88. The SMILES string of the molecule is CCNC(=O)C(C)NC(=O)N[C@H](CCO)C(=O)O. The third-order valence-electron chi connectivity index (χ3n) is 2.11. The molecule has 0 radical (unpaired) electrons. The summed E-state index contributed by atoms with van der Waals surface area (Å²) < 4.78 is 0. The van der Waals surface area contributed by atoms with Crippen molar-refractivity contribution in [2.45, 2.75) is 32.4 Å². The van der Waals surface area contributed by atoms with Gasteiger partial charge < -0.3 is 26.2 Å². The molecule has 5 N–H and O–H groups in total. The minimum atomic E-state index is -1.25. The Morgan fingerprint density at radius 1 is 1.22 bits per heavy atom. The van der Waals surface area contributed by atoms with E-state index in [1.165, 1.54) is 6.92 Å². The van der Waals surface area contributed by atoms with E-state index in [2.05, 4.69) is 16.0 Å². The molecule has 0 aliphatic rings. The predicted molar refractivity (Wildman–Crippen MR) is 62.9 cm³/mol. The van der Waals surface area contributed by atoms with Crippen molar-refractivity contribution in [2.75, 3.05) is 13.2 Å². The van der Waals surface area contributed by atoms with Crippen LogP contribution in [0.3, 0.4) is 0 Å². The van der Waals surface area contributed by atoms with Crippen molar-refractivity contribution in [1.29, 1.82) is 0 Å². The maximum absolute atomic E-state index is 11.4. The molecule has 8 nitrogen and oxygen atoms in total. The van der Waals surface area contributed by atoms with Crippen LogP contribution < -0.4 is 16.0 Å². The number of aliphatic hydroxyl groups is 1. The van der Waals surface area contributed by atoms with E-state index in [1.54, 1.807) is 6.92 Å². The van der Waals surface area contributed by atoms with Crippen LogP contribution in [0.5, 0.6) is 0 Å². The maximum Gasteiger partial charge on any atom is 0.326 e. The van der Waals surface area contributed by atoms with Gasteiger partial charge in [-0.3, -0.25) is 4.79 Å². The fourth-order valence-corrected chi connectivity index (χ4v) is 1.18. The number of likely N-dealkylation sites (N-methyl/N-ethyl adjacent to an activating group) is 1. The van der Waals surface area contributed by atoms with Gasteiger partial charge in [-0.15, -0.1) is 0 Å². The molecule has 0 aromatic heterocycles. The Bertz CT molecular complexity index is 308. The van der Waals surface area contributed by atoms with E-state index >= 15 is 0 Å². The van der Waals surface area contributed by atoms with Crippen LogP contribution in [-0.2, 0) is 9.59 Å². The van der Waals surface area contributed by atoms with E-state index in [1.807, 2.05) is 0 Å². The molecule has 104 valence electrons. The molecule has 2 atom stereocenters. The summed E-state index contributed by atoms with van der Waals surface area (Å²) in [6.45, 7) is 3.30. The highest BCUT2D eigenvalue weighted by atomic mass is 16.4. The molecule has 0 rings (SSSR count). The predicted octanol–water partition coefficient (Wildman–Crippen LogP) is -1.35. The van der Waals surface area contributed by atoms with Gasteiger partial charge in [0.25, 0.3) is 0 Å². The van der Waals surface area contributed by atoms with E-state index in [4.69, 9.17) is 10.2 Å². The van der Waals surface area contributed by atoms with Crippen molar-refractivity contribution in [1.82, 2.24) is 16.0 Å². The normalized spacial score (nSPS) is 13.3. The zero-order valence-electron chi connectivity index (χ0n) is 10.4. The quantitative estimate of drug-likeness (QED) is 0.387. The molecule has 0 aromatic rings. The molecule has 0 spiro atoms.